The molecule has 6 heteroatoms. The Kier molecular flexibility index (Phi) is 4.68. The molecule has 5 nitrogen and oxygen atoms in total. The number of sulfonamides is 1. The highest BCUT2D eigenvalue weighted by molar-refractivity contribution is 7.89. The van der Waals surface area contributed by atoms with Crippen LogP contribution in [0.2, 0.25) is 0 Å². The summed E-state index contributed by atoms with van der Waals surface area (Å²) in [7, 11) is -0.343. The Morgan fingerprint density at radius 3 is 2.38 bits per heavy atom. The summed E-state index contributed by atoms with van der Waals surface area (Å²) in [5.41, 5.74) is 2.17. The molecule has 0 radical (unpaired) electrons. The van der Waals surface area contributed by atoms with Crippen molar-refractivity contribution < 1.29 is 13.2 Å². The van der Waals surface area contributed by atoms with Gasteiger partial charge in [0.1, 0.15) is 0 Å². The van der Waals surface area contributed by atoms with Gasteiger partial charge in [-0.3, -0.25) is 4.79 Å². The number of hydrogen-bond donors (Lipinski definition) is 0. The third-order valence-electron chi connectivity index (χ3n) is 3.91. The van der Waals surface area contributed by atoms with Crippen LogP contribution in [0, 0.1) is 0 Å². The Morgan fingerprint density at radius 2 is 1.81 bits per heavy atom. The van der Waals surface area contributed by atoms with E-state index in [2.05, 4.69) is 0 Å². The van der Waals surface area contributed by atoms with Crippen molar-refractivity contribution >= 4 is 15.9 Å². The minimum Gasteiger partial charge on any atom is -0.342 e. The lowest BCUT2D eigenvalue weighted by atomic mass is 10.0. The van der Waals surface area contributed by atoms with Gasteiger partial charge in [-0.1, -0.05) is 13.0 Å². The van der Waals surface area contributed by atoms with Gasteiger partial charge in [-0.25, -0.2) is 12.7 Å². The summed E-state index contributed by atoms with van der Waals surface area (Å²) in [4.78, 5) is 14.0. The second kappa shape index (κ2) is 6.15. The first-order chi connectivity index (χ1) is 9.86. The van der Waals surface area contributed by atoms with Gasteiger partial charge >= 0.3 is 0 Å². The summed E-state index contributed by atoms with van der Waals surface area (Å²) >= 11 is 0. The van der Waals surface area contributed by atoms with Crippen molar-refractivity contribution in [2.45, 2.75) is 31.1 Å². The van der Waals surface area contributed by atoms with Crippen LogP contribution in [0.4, 0.5) is 0 Å². The predicted molar refractivity (Wildman–Crippen MR) is 81.6 cm³/mol. The van der Waals surface area contributed by atoms with Gasteiger partial charge in [0.05, 0.1) is 4.90 Å². The molecule has 21 heavy (non-hydrogen) atoms. The molecule has 1 aromatic carbocycles. The highest BCUT2D eigenvalue weighted by atomic mass is 32.2. The maximum absolute atomic E-state index is 12.2. The van der Waals surface area contributed by atoms with Crippen molar-refractivity contribution in [2.75, 3.05) is 27.2 Å². The van der Waals surface area contributed by atoms with E-state index in [9.17, 15) is 13.2 Å². The van der Waals surface area contributed by atoms with Gasteiger partial charge in [-0.15, -0.1) is 0 Å². The van der Waals surface area contributed by atoms with E-state index >= 15 is 0 Å². The molecule has 0 bridgehead atoms. The molecule has 1 amide bonds. The molecule has 1 aromatic rings. The highest BCUT2D eigenvalue weighted by Gasteiger charge is 2.21. The second-order valence-corrected chi connectivity index (χ2v) is 7.60. The molecule has 0 N–H and O–H groups in total. The topological polar surface area (TPSA) is 57.7 Å². The summed E-state index contributed by atoms with van der Waals surface area (Å²) in [6.45, 7) is 3.23. The van der Waals surface area contributed by atoms with Gasteiger partial charge in [0.25, 0.3) is 0 Å². The summed E-state index contributed by atoms with van der Waals surface area (Å²) < 4.78 is 25.6. The fourth-order valence-electron chi connectivity index (χ4n) is 2.55. The summed E-state index contributed by atoms with van der Waals surface area (Å²) in [5, 5.41) is 0. The Balaban J connectivity index is 2.28. The highest BCUT2D eigenvalue weighted by Crippen LogP contribution is 2.22. The van der Waals surface area contributed by atoms with Crippen LogP contribution < -0.4 is 0 Å². The van der Waals surface area contributed by atoms with Gasteiger partial charge in [-0.05, 0) is 36.1 Å². The summed E-state index contributed by atoms with van der Waals surface area (Å²) in [6, 6.07) is 5.29. The number of fused-ring (bicyclic) bond motifs is 1. The lowest BCUT2D eigenvalue weighted by Gasteiger charge is -2.19. The van der Waals surface area contributed by atoms with Crippen LogP contribution in [-0.2, 0) is 27.7 Å². The first kappa shape index (κ1) is 16.0. The number of amides is 1. The molecule has 116 valence electrons. The maximum atomic E-state index is 12.2. The Bertz CT molecular complexity index is 638. The van der Waals surface area contributed by atoms with E-state index < -0.39 is 10.0 Å². The van der Waals surface area contributed by atoms with Crippen LogP contribution in [0.15, 0.2) is 23.1 Å². The molecule has 0 spiro atoms. The lowest BCUT2D eigenvalue weighted by molar-refractivity contribution is -0.130. The predicted octanol–water partition coefficient (Wildman–Crippen LogP) is 1.27. The van der Waals surface area contributed by atoms with E-state index in [0.29, 0.717) is 30.8 Å². The van der Waals surface area contributed by atoms with Crippen molar-refractivity contribution in [1.82, 2.24) is 9.21 Å². The molecule has 0 aliphatic carbocycles. The number of carbonyl (C=O) groups excluding carboxylic acids is 1. The van der Waals surface area contributed by atoms with Gasteiger partial charge < -0.3 is 4.90 Å². The molecule has 0 saturated carbocycles. The van der Waals surface area contributed by atoms with E-state index in [-0.39, 0.29) is 5.91 Å². The zero-order valence-electron chi connectivity index (χ0n) is 12.8. The van der Waals surface area contributed by atoms with Gasteiger partial charge in [-0.2, -0.15) is 0 Å². The molecule has 1 aliphatic heterocycles. The van der Waals surface area contributed by atoms with Crippen LogP contribution in [0.1, 0.15) is 24.5 Å². The normalized spacial score (nSPS) is 15.7. The number of benzene rings is 1. The van der Waals surface area contributed by atoms with Crippen molar-refractivity contribution in [1.29, 1.82) is 0 Å². The largest absolute Gasteiger partial charge is 0.342 e. The molecule has 2 rings (SSSR count). The zero-order valence-corrected chi connectivity index (χ0v) is 13.6. The van der Waals surface area contributed by atoms with Crippen LogP contribution in [-0.4, -0.2) is 50.7 Å². The quantitative estimate of drug-likeness (QED) is 0.845. The lowest BCUT2D eigenvalue weighted by Crippen LogP contribution is -2.32. The zero-order chi connectivity index (χ0) is 15.6. The molecule has 0 fully saturated rings. The summed E-state index contributed by atoms with van der Waals surface area (Å²) in [5.74, 6) is 0.156. The van der Waals surface area contributed by atoms with E-state index in [0.717, 1.165) is 17.5 Å². The smallest absolute Gasteiger partial charge is 0.242 e. The van der Waals surface area contributed by atoms with Crippen molar-refractivity contribution in [3.05, 3.63) is 29.3 Å². The third-order valence-corrected chi connectivity index (χ3v) is 5.72. The van der Waals surface area contributed by atoms with Gasteiger partial charge in [0, 0.05) is 33.6 Å². The molecule has 1 heterocycles. The van der Waals surface area contributed by atoms with E-state index in [1.165, 1.54) is 18.4 Å². The molecule has 0 atom stereocenters. The number of hydrogen-bond acceptors (Lipinski definition) is 3. The van der Waals surface area contributed by atoms with E-state index in [1.54, 1.807) is 12.1 Å². The fourth-order valence-corrected chi connectivity index (χ4v) is 3.50. The van der Waals surface area contributed by atoms with E-state index in [1.807, 2.05) is 17.9 Å². The minimum atomic E-state index is -3.40. The number of carbonyl (C=O) groups is 1. The van der Waals surface area contributed by atoms with E-state index in [4.69, 9.17) is 0 Å². The molecule has 0 saturated heterocycles. The first-order valence-electron chi connectivity index (χ1n) is 7.18. The number of rotatable bonds is 3. The average molecular weight is 310 g/mol. The van der Waals surface area contributed by atoms with Gasteiger partial charge in [0.15, 0.2) is 0 Å². The Hall–Kier alpha value is -1.40. The van der Waals surface area contributed by atoms with Crippen molar-refractivity contribution in [3.8, 4) is 0 Å². The molecule has 0 unspecified atom stereocenters. The SMILES string of the molecule is CCC(=O)N1CCc2ccc(S(=O)(=O)N(C)C)cc2CC1. The van der Waals surface area contributed by atoms with Gasteiger partial charge in [0.2, 0.25) is 15.9 Å². The number of nitrogens with zero attached hydrogens (tertiary/aromatic N) is 2. The van der Waals surface area contributed by atoms with Crippen molar-refractivity contribution in [2.24, 2.45) is 0 Å². The Morgan fingerprint density at radius 1 is 1.19 bits per heavy atom. The van der Waals surface area contributed by atoms with Crippen LogP contribution in [0.25, 0.3) is 0 Å². The maximum Gasteiger partial charge on any atom is 0.242 e. The molecule has 1 aliphatic rings. The molecular formula is C15H22N2O3S. The minimum absolute atomic E-state index is 0.156. The fraction of sp³-hybridized carbons (Fsp3) is 0.533. The molecular weight excluding hydrogens is 288 g/mol. The summed E-state index contributed by atoms with van der Waals surface area (Å²) in [6.07, 6.45) is 2.00. The van der Waals surface area contributed by atoms with Crippen LogP contribution >= 0.6 is 0 Å². The standard InChI is InChI=1S/C15H22N2O3S/c1-4-15(18)17-9-7-12-5-6-14(11-13(12)8-10-17)21(19,20)16(2)3/h5-6,11H,4,7-10H2,1-3H3. The first-order valence-corrected chi connectivity index (χ1v) is 8.62. The van der Waals surface area contributed by atoms with Crippen LogP contribution in [0.3, 0.4) is 0 Å². The third kappa shape index (κ3) is 3.27. The average Bonchev–Trinajstić information content (AvgIpc) is 2.68. The molecule has 0 aromatic heterocycles. The van der Waals surface area contributed by atoms with Crippen molar-refractivity contribution in [3.63, 3.8) is 0 Å². The second-order valence-electron chi connectivity index (χ2n) is 5.45. The Labute approximate surface area is 126 Å². The monoisotopic (exact) mass is 310 g/mol. The van der Waals surface area contributed by atoms with Crippen LogP contribution in [0.5, 0.6) is 0 Å².